The summed E-state index contributed by atoms with van der Waals surface area (Å²) >= 11 is 13.6. The van der Waals surface area contributed by atoms with Gasteiger partial charge in [-0.2, -0.15) is 0 Å². The third kappa shape index (κ3) is 3.64. The van der Waals surface area contributed by atoms with Crippen LogP contribution in [0.3, 0.4) is 0 Å². The Balaban J connectivity index is 2.05. The normalized spacial score (nSPS) is 15.0. The number of furan rings is 1. The zero-order valence-electron chi connectivity index (χ0n) is 13.6. The highest BCUT2D eigenvalue weighted by Gasteiger charge is 2.40. The first-order valence-electron chi connectivity index (χ1n) is 7.63. The van der Waals surface area contributed by atoms with Gasteiger partial charge in [-0.3, -0.25) is 14.5 Å². The van der Waals surface area contributed by atoms with Crippen LogP contribution in [0.1, 0.15) is 25.2 Å². The molecule has 1 aromatic heterocycles. The van der Waals surface area contributed by atoms with Crippen molar-refractivity contribution in [1.29, 1.82) is 0 Å². The molecule has 3 rings (SSSR count). The summed E-state index contributed by atoms with van der Waals surface area (Å²) in [5.41, 5.74) is 0.825. The van der Waals surface area contributed by atoms with Crippen LogP contribution >= 0.6 is 35.0 Å². The Bertz CT molecular complexity index is 859. The molecule has 2 aromatic rings. The average Bonchev–Trinajstić information content (AvgIpc) is 3.12. The van der Waals surface area contributed by atoms with E-state index in [2.05, 4.69) is 0 Å². The molecule has 4 nitrogen and oxygen atoms in total. The van der Waals surface area contributed by atoms with Gasteiger partial charge < -0.3 is 4.42 Å². The SMILES string of the molecule is CC(C)SC1=C(c2ccc(Cl)cc2Cl)C(=O)N(Cc2ccco2)C1=O. The van der Waals surface area contributed by atoms with Crippen molar-refractivity contribution in [2.75, 3.05) is 0 Å². The molecule has 0 atom stereocenters. The lowest BCUT2D eigenvalue weighted by atomic mass is 10.1. The number of thioether (sulfide) groups is 1. The van der Waals surface area contributed by atoms with Crippen LogP contribution in [0, 0.1) is 0 Å². The molecule has 0 bridgehead atoms. The van der Waals surface area contributed by atoms with Crippen molar-refractivity contribution in [3.63, 3.8) is 0 Å². The lowest BCUT2D eigenvalue weighted by Crippen LogP contribution is -2.30. The Kier molecular flexibility index (Phi) is 5.27. The molecule has 0 unspecified atom stereocenters. The van der Waals surface area contributed by atoms with E-state index >= 15 is 0 Å². The molecule has 130 valence electrons. The number of hydrogen-bond donors (Lipinski definition) is 0. The lowest BCUT2D eigenvalue weighted by molar-refractivity contribution is -0.137. The maximum atomic E-state index is 13.0. The van der Waals surface area contributed by atoms with Gasteiger partial charge in [0.1, 0.15) is 5.76 Å². The van der Waals surface area contributed by atoms with E-state index in [9.17, 15) is 9.59 Å². The van der Waals surface area contributed by atoms with Gasteiger partial charge in [-0.25, -0.2) is 0 Å². The molecule has 0 saturated heterocycles. The molecule has 2 heterocycles. The number of carbonyl (C=O) groups is 2. The molecule has 0 aliphatic carbocycles. The summed E-state index contributed by atoms with van der Waals surface area (Å²) in [5.74, 6) is -0.172. The second kappa shape index (κ2) is 7.28. The Labute approximate surface area is 159 Å². The maximum absolute atomic E-state index is 13.0. The van der Waals surface area contributed by atoms with Crippen molar-refractivity contribution < 1.29 is 14.0 Å². The number of imide groups is 1. The van der Waals surface area contributed by atoms with Crippen molar-refractivity contribution in [3.8, 4) is 0 Å². The minimum atomic E-state index is -0.381. The lowest BCUT2D eigenvalue weighted by Gasteiger charge is -2.13. The summed E-state index contributed by atoms with van der Waals surface area (Å²) in [4.78, 5) is 27.4. The maximum Gasteiger partial charge on any atom is 0.268 e. The fourth-order valence-electron chi connectivity index (χ4n) is 2.53. The van der Waals surface area contributed by atoms with E-state index < -0.39 is 0 Å². The van der Waals surface area contributed by atoms with Gasteiger partial charge in [-0.1, -0.05) is 43.1 Å². The van der Waals surface area contributed by atoms with Crippen LogP contribution in [0.2, 0.25) is 10.0 Å². The first-order chi connectivity index (χ1) is 11.9. The topological polar surface area (TPSA) is 50.5 Å². The highest BCUT2D eigenvalue weighted by atomic mass is 35.5. The molecule has 1 aliphatic rings. The van der Waals surface area contributed by atoms with E-state index in [4.69, 9.17) is 27.6 Å². The molecule has 0 radical (unpaired) electrons. The van der Waals surface area contributed by atoms with Crippen LogP contribution in [0.25, 0.3) is 5.57 Å². The Morgan fingerprint density at radius 2 is 1.92 bits per heavy atom. The second-order valence-corrected chi connectivity index (χ2v) is 8.20. The number of carbonyl (C=O) groups excluding carboxylic acids is 2. The molecule has 1 aliphatic heterocycles. The van der Waals surface area contributed by atoms with Crippen LogP contribution in [-0.4, -0.2) is 22.0 Å². The first-order valence-corrected chi connectivity index (χ1v) is 9.27. The fourth-order valence-corrected chi connectivity index (χ4v) is 4.03. The minimum absolute atomic E-state index is 0.0849. The Hall–Kier alpha value is -1.69. The van der Waals surface area contributed by atoms with Crippen molar-refractivity contribution in [2.45, 2.75) is 25.6 Å². The van der Waals surface area contributed by atoms with Gasteiger partial charge in [0.2, 0.25) is 0 Å². The number of benzene rings is 1. The molecule has 0 saturated carbocycles. The van der Waals surface area contributed by atoms with E-state index in [-0.39, 0.29) is 23.6 Å². The van der Waals surface area contributed by atoms with Crippen LogP contribution in [0.4, 0.5) is 0 Å². The Morgan fingerprint density at radius 1 is 1.16 bits per heavy atom. The fraction of sp³-hybridized carbons (Fsp3) is 0.222. The van der Waals surface area contributed by atoms with Crippen LogP contribution in [0.5, 0.6) is 0 Å². The van der Waals surface area contributed by atoms with Crippen LogP contribution in [0.15, 0.2) is 45.9 Å². The summed E-state index contributed by atoms with van der Waals surface area (Å²) in [7, 11) is 0. The predicted octanol–water partition coefficient (Wildman–Crippen LogP) is 5.01. The molecule has 2 amide bonds. The summed E-state index contributed by atoms with van der Waals surface area (Å²) < 4.78 is 5.27. The van der Waals surface area contributed by atoms with Gasteiger partial charge in [-0.15, -0.1) is 11.8 Å². The van der Waals surface area contributed by atoms with Gasteiger partial charge in [0, 0.05) is 15.8 Å². The number of halogens is 2. The largest absolute Gasteiger partial charge is 0.467 e. The van der Waals surface area contributed by atoms with Gasteiger partial charge in [0.15, 0.2) is 0 Å². The molecule has 0 fully saturated rings. The second-order valence-electron chi connectivity index (χ2n) is 5.77. The summed E-state index contributed by atoms with van der Waals surface area (Å²) in [6.07, 6.45) is 1.51. The highest BCUT2D eigenvalue weighted by Crippen LogP contribution is 2.41. The van der Waals surface area contributed by atoms with Crippen molar-refractivity contribution in [1.82, 2.24) is 4.90 Å². The van der Waals surface area contributed by atoms with Gasteiger partial charge in [0.25, 0.3) is 11.8 Å². The van der Waals surface area contributed by atoms with Gasteiger partial charge in [0.05, 0.1) is 28.3 Å². The van der Waals surface area contributed by atoms with Gasteiger partial charge >= 0.3 is 0 Å². The summed E-state index contributed by atoms with van der Waals surface area (Å²) in [6, 6.07) is 8.33. The molecule has 0 N–H and O–H groups in total. The molecule has 25 heavy (non-hydrogen) atoms. The van der Waals surface area contributed by atoms with E-state index in [0.717, 1.165) is 0 Å². The minimum Gasteiger partial charge on any atom is -0.467 e. The van der Waals surface area contributed by atoms with Crippen molar-refractivity contribution in [3.05, 3.63) is 62.9 Å². The van der Waals surface area contributed by atoms with Crippen molar-refractivity contribution >= 4 is 52.4 Å². The predicted molar refractivity (Wildman–Crippen MR) is 100 cm³/mol. The Morgan fingerprint density at radius 3 is 2.52 bits per heavy atom. The first kappa shape index (κ1) is 18.1. The molecular weight excluding hydrogens is 381 g/mol. The zero-order chi connectivity index (χ0) is 18.1. The number of nitrogens with zero attached hydrogens (tertiary/aromatic N) is 1. The van der Waals surface area contributed by atoms with Crippen molar-refractivity contribution in [2.24, 2.45) is 0 Å². The van der Waals surface area contributed by atoms with E-state index in [1.807, 2.05) is 13.8 Å². The molecule has 7 heteroatoms. The monoisotopic (exact) mass is 395 g/mol. The van der Waals surface area contributed by atoms with E-state index in [0.29, 0.717) is 31.8 Å². The zero-order valence-corrected chi connectivity index (χ0v) is 15.9. The third-order valence-corrected chi connectivity index (χ3v) is 5.21. The number of amides is 2. The number of hydrogen-bond acceptors (Lipinski definition) is 4. The highest BCUT2D eigenvalue weighted by molar-refractivity contribution is 8.04. The van der Waals surface area contributed by atoms with Crippen LogP contribution < -0.4 is 0 Å². The summed E-state index contributed by atoms with van der Waals surface area (Å²) in [5, 5.41) is 0.943. The van der Waals surface area contributed by atoms with Gasteiger partial charge in [-0.05, 0) is 24.3 Å². The molecule has 0 spiro atoms. The third-order valence-electron chi connectivity index (χ3n) is 3.57. The standard InChI is InChI=1S/C18H15Cl2NO3S/c1-10(2)25-16-15(13-6-5-11(19)8-14(13)20)17(22)21(18(16)23)9-12-4-3-7-24-12/h3-8,10H,9H2,1-2H3. The quantitative estimate of drug-likeness (QED) is 0.667. The van der Waals surface area contributed by atoms with E-state index in [1.165, 1.54) is 22.9 Å². The van der Waals surface area contributed by atoms with Crippen LogP contribution in [-0.2, 0) is 16.1 Å². The molecule has 1 aromatic carbocycles. The molecular formula is C18H15Cl2NO3S. The smallest absolute Gasteiger partial charge is 0.268 e. The van der Waals surface area contributed by atoms with E-state index in [1.54, 1.807) is 30.3 Å². The average molecular weight is 396 g/mol. The number of rotatable bonds is 5. The summed E-state index contributed by atoms with van der Waals surface area (Å²) in [6.45, 7) is 4.01.